The van der Waals surface area contributed by atoms with E-state index >= 15 is 0 Å². The number of aromatic amines is 1. The Morgan fingerprint density at radius 1 is 1.17 bits per heavy atom. The van der Waals surface area contributed by atoms with Crippen LogP contribution < -0.4 is 10.9 Å². The Kier molecular flexibility index (Phi) is 5.20. The predicted octanol–water partition coefficient (Wildman–Crippen LogP) is 3.92. The van der Waals surface area contributed by atoms with Crippen LogP contribution >= 0.6 is 23.4 Å². The molecule has 0 aliphatic heterocycles. The van der Waals surface area contributed by atoms with Crippen molar-refractivity contribution in [1.82, 2.24) is 10.2 Å². The Morgan fingerprint density at radius 2 is 2.00 bits per heavy atom. The highest BCUT2D eigenvalue weighted by atomic mass is 35.5. The lowest BCUT2D eigenvalue weighted by atomic mass is 10.1. The molecule has 0 saturated carbocycles. The van der Waals surface area contributed by atoms with Crippen LogP contribution in [0.3, 0.4) is 0 Å². The summed E-state index contributed by atoms with van der Waals surface area (Å²) in [5.74, 6) is 1.86. The molecule has 0 spiro atoms. The van der Waals surface area contributed by atoms with E-state index in [0.717, 1.165) is 18.1 Å². The molecule has 23 heavy (non-hydrogen) atoms. The third-order valence-corrected chi connectivity index (χ3v) is 4.88. The van der Waals surface area contributed by atoms with Crippen LogP contribution in [0.25, 0.3) is 10.8 Å². The van der Waals surface area contributed by atoms with Gasteiger partial charge in [-0.3, -0.25) is 4.79 Å². The number of H-pyrrole nitrogens is 1. The summed E-state index contributed by atoms with van der Waals surface area (Å²) in [6, 6.07) is 14.8. The van der Waals surface area contributed by atoms with Crippen LogP contribution in [-0.4, -0.2) is 22.5 Å². The summed E-state index contributed by atoms with van der Waals surface area (Å²) < 4.78 is 0. The highest BCUT2D eigenvalue weighted by Gasteiger charge is 2.04. The third kappa shape index (κ3) is 3.86. The van der Waals surface area contributed by atoms with Crippen LogP contribution in [0.5, 0.6) is 0 Å². The predicted molar refractivity (Wildman–Crippen MR) is 98.5 cm³/mol. The molecule has 6 heteroatoms. The number of aromatic nitrogens is 2. The molecule has 0 amide bonds. The largest absolute Gasteiger partial charge is 0.382 e. The van der Waals surface area contributed by atoms with Gasteiger partial charge in [-0.25, -0.2) is 5.10 Å². The van der Waals surface area contributed by atoms with Crippen LogP contribution in [0.15, 0.2) is 53.5 Å². The Hall–Kier alpha value is -1.98. The number of rotatable bonds is 6. The molecule has 118 valence electrons. The van der Waals surface area contributed by atoms with Crippen LogP contribution in [0.4, 0.5) is 5.69 Å². The van der Waals surface area contributed by atoms with Gasteiger partial charge in [0.25, 0.3) is 5.56 Å². The maximum atomic E-state index is 11.3. The zero-order valence-corrected chi connectivity index (χ0v) is 14.0. The Morgan fingerprint density at radius 3 is 2.91 bits per heavy atom. The summed E-state index contributed by atoms with van der Waals surface area (Å²) in [5, 5.41) is 11.9. The van der Waals surface area contributed by atoms with Gasteiger partial charge in [0, 0.05) is 18.1 Å². The van der Waals surface area contributed by atoms with E-state index in [9.17, 15) is 4.79 Å². The minimum atomic E-state index is -0.375. The average Bonchev–Trinajstić information content (AvgIpc) is 2.58. The van der Waals surface area contributed by atoms with Crippen molar-refractivity contribution in [2.24, 2.45) is 0 Å². The zero-order valence-electron chi connectivity index (χ0n) is 12.4. The molecule has 1 aromatic heterocycles. The summed E-state index contributed by atoms with van der Waals surface area (Å²) in [4.78, 5) is 11.3. The van der Waals surface area contributed by atoms with Crippen molar-refractivity contribution in [2.75, 3.05) is 17.6 Å². The van der Waals surface area contributed by atoms with Gasteiger partial charge >= 0.3 is 0 Å². The average molecular weight is 346 g/mol. The van der Waals surface area contributed by atoms with Crippen molar-refractivity contribution < 1.29 is 0 Å². The summed E-state index contributed by atoms with van der Waals surface area (Å²) in [5.41, 5.74) is 1.53. The molecule has 3 rings (SSSR count). The first kappa shape index (κ1) is 15.9. The fourth-order valence-corrected chi connectivity index (χ4v) is 3.39. The van der Waals surface area contributed by atoms with E-state index in [-0.39, 0.29) is 10.6 Å². The fraction of sp³-hybridized carbons (Fsp3) is 0.176. The van der Waals surface area contributed by atoms with Crippen molar-refractivity contribution in [1.29, 1.82) is 0 Å². The molecule has 0 fully saturated rings. The van der Waals surface area contributed by atoms with Gasteiger partial charge in [0.15, 0.2) is 0 Å². The lowest BCUT2D eigenvalue weighted by molar-refractivity contribution is 0.985. The maximum Gasteiger partial charge on any atom is 0.285 e. The zero-order chi connectivity index (χ0) is 16.1. The number of nitrogens with one attached hydrogen (secondary N) is 2. The molecular formula is C17H16ClN3OS. The number of anilines is 1. The molecule has 0 radical (unpaired) electrons. The van der Waals surface area contributed by atoms with Gasteiger partial charge in [0.2, 0.25) is 0 Å². The molecule has 0 atom stereocenters. The number of hydrogen-bond acceptors (Lipinski definition) is 4. The van der Waals surface area contributed by atoms with E-state index in [2.05, 4.69) is 58.0 Å². The lowest BCUT2D eigenvalue weighted by Gasteiger charge is -2.08. The number of hydrogen-bond donors (Lipinski definition) is 2. The topological polar surface area (TPSA) is 57.8 Å². The Labute approximate surface area is 143 Å². The number of fused-ring (bicyclic) bond motifs is 1. The molecule has 0 bridgehead atoms. The van der Waals surface area contributed by atoms with Crippen molar-refractivity contribution >= 4 is 39.8 Å². The summed E-state index contributed by atoms with van der Waals surface area (Å²) in [6.07, 6.45) is 1.53. The second kappa shape index (κ2) is 7.53. The van der Waals surface area contributed by atoms with E-state index in [1.807, 2.05) is 11.8 Å². The van der Waals surface area contributed by atoms with E-state index < -0.39 is 0 Å². The first-order chi connectivity index (χ1) is 11.3. The molecule has 0 aliphatic rings. The molecular weight excluding hydrogens is 330 g/mol. The van der Waals surface area contributed by atoms with Crippen molar-refractivity contribution in [2.45, 2.75) is 5.75 Å². The highest BCUT2D eigenvalue weighted by molar-refractivity contribution is 7.98. The first-order valence-corrected chi connectivity index (χ1v) is 8.80. The SMILES string of the molecule is O=c1[nH]ncc(NCCSCc2cccc3ccccc23)c1Cl. The third-order valence-electron chi connectivity index (χ3n) is 3.49. The molecule has 2 N–H and O–H groups in total. The summed E-state index contributed by atoms with van der Waals surface area (Å²) in [6.45, 7) is 0.723. The van der Waals surface area contributed by atoms with E-state index in [4.69, 9.17) is 11.6 Å². The standard InChI is InChI=1S/C17H16ClN3OS/c18-16-15(10-20-21-17(16)22)19-8-9-23-11-13-6-3-5-12-4-1-2-7-14(12)13/h1-7,10H,8-9,11H2,(H2,19,21,22). The lowest BCUT2D eigenvalue weighted by Crippen LogP contribution is -2.13. The van der Waals surface area contributed by atoms with Crippen molar-refractivity contribution in [3.63, 3.8) is 0 Å². The van der Waals surface area contributed by atoms with Crippen LogP contribution in [0.2, 0.25) is 5.02 Å². The number of benzene rings is 2. The molecule has 0 saturated heterocycles. The molecule has 4 nitrogen and oxygen atoms in total. The molecule has 0 aliphatic carbocycles. The minimum Gasteiger partial charge on any atom is -0.382 e. The van der Waals surface area contributed by atoms with Gasteiger partial charge in [-0.05, 0) is 16.3 Å². The van der Waals surface area contributed by atoms with Crippen molar-refractivity contribution in [3.8, 4) is 0 Å². The van der Waals surface area contributed by atoms with Crippen LogP contribution in [0, 0.1) is 0 Å². The van der Waals surface area contributed by atoms with Crippen molar-refractivity contribution in [3.05, 3.63) is 69.6 Å². The fourth-order valence-electron chi connectivity index (χ4n) is 2.37. The smallest absolute Gasteiger partial charge is 0.285 e. The van der Waals surface area contributed by atoms with Gasteiger partial charge in [0.1, 0.15) is 5.02 Å². The van der Waals surface area contributed by atoms with Gasteiger partial charge in [-0.1, -0.05) is 54.1 Å². The second-order valence-corrected chi connectivity index (χ2v) is 6.53. The molecule has 2 aromatic carbocycles. The quantitative estimate of drug-likeness (QED) is 0.665. The van der Waals surface area contributed by atoms with Gasteiger partial charge in [0.05, 0.1) is 11.9 Å². The van der Waals surface area contributed by atoms with Gasteiger partial charge in [-0.15, -0.1) is 0 Å². The Balaban J connectivity index is 1.53. The molecule has 1 heterocycles. The maximum absolute atomic E-state index is 11.3. The summed E-state index contributed by atoms with van der Waals surface area (Å²) >= 11 is 7.75. The number of thioether (sulfide) groups is 1. The monoisotopic (exact) mass is 345 g/mol. The molecule has 3 aromatic rings. The number of halogens is 1. The van der Waals surface area contributed by atoms with Crippen LogP contribution in [0.1, 0.15) is 5.56 Å². The van der Waals surface area contributed by atoms with E-state index in [1.54, 1.807) is 0 Å². The first-order valence-electron chi connectivity index (χ1n) is 7.27. The van der Waals surface area contributed by atoms with Gasteiger partial charge in [-0.2, -0.15) is 16.9 Å². The van der Waals surface area contributed by atoms with E-state index in [0.29, 0.717) is 5.69 Å². The normalized spacial score (nSPS) is 10.8. The highest BCUT2D eigenvalue weighted by Crippen LogP contribution is 2.22. The van der Waals surface area contributed by atoms with Gasteiger partial charge < -0.3 is 5.32 Å². The van der Waals surface area contributed by atoms with Crippen LogP contribution in [-0.2, 0) is 5.75 Å². The summed E-state index contributed by atoms with van der Waals surface area (Å²) in [7, 11) is 0. The molecule has 0 unspecified atom stereocenters. The Bertz CT molecular complexity index is 860. The van der Waals surface area contributed by atoms with E-state index in [1.165, 1.54) is 22.5 Å². The minimum absolute atomic E-state index is 0.152. The second-order valence-electron chi connectivity index (χ2n) is 5.04. The number of nitrogens with zero attached hydrogens (tertiary/aromatic N) is 1.